The molecule has 2 aromatic heterocycles. The Morgan fingerprint density at radius 2 is 1.82 bits per heavy atom. The lowest BCUT2D eigenvalue weighted by Crippen LogP contribution is -2.13. The molecule has 38 heavy (non-hydrogen) atoms. The van der Waals surface area contributed by atoms with Gasteiger partial charge in [0.2, 0.25) is 0 Å². The first-order valence-corrected chi connectivity index (χ1v) is 13.7. The maximum Gasteiger partial charge on any atom is 0.263 e. The van der Waals surface area contributed by atoms with Gasteiger partial charge in [-0.1, -0.05) is 18.2 Å². The van der Waals surface area contributed by atoms with Gasteiger partial charge in [0.1, 0.15) is 23.3 Å². The van der Waals surface area contributed by atoms with E-state index >= 15 is 0 Å². The standard InChI is InChI=1S/C27H21N5O4S2/c1-32-24(10-11-30-32)23-16-19(18-4-3-5-21(14-18)35-2)6-8-26(23)36-25-9-7-22(15-20(25)17-28)38(33,34)31-27-29-12-13-37-27/h3-16H,1-2H3,(H,29,31). The minimum absolute atomic E-state index is 0.0693. The summed E-state index contributed by atoms with van der Waals surface area (Å²) >= 11 is 1.16. The normalized spacial score (nSPS) is 11.1. The molecule has 0 amide bonds. The number of ether oxygens (including phenoxy) is 2. The van der Waals surface area contributed by atoms with Crippen molar-refractivity contribution in [3.8, 4) is 45.7 Å². The van der Waals surface area contributed by atoms with Crippen molar-refractivity contribution in [1.29, 1.82) is 5.26 Å². The van der Waals surface area contributed by atoms with Gasteiger partial charge in [0.15, 0.2) is 5.13 Å². The third kappa shape index (κ3) is 5.08. The fourth-order valence-electron chi connectivity index (χ4n) is 3.86. The molecule has 0 fully saturated rings. The van der Waals surface area contributed by atoms with Crippen LogP contribution in [0.5, 0.6) is 17.2 Å². The second kappa shape index (κ2) is 10.4. The van der Waals surface area contributed by atoms with E-state index in [1.165, 1.54) is 24.4 Å². The van der Waals surface area contributed by atoms with Gasteiger partial charge in [-0.3, -0.25) is 9.40 Å². The number of aromatic nitrogens is 3. The number of nitriles is 1. The Bertz CT molecular complexity index is 1760. The van der Waals surface area contributed by atoms with E-state index in [1.807, 2.05) is 61.6 Å². The van der Waals surface area contributed by atoms with Crippen molar-refractivity contribution < 1.29 is 17.9 Å². The molecule has 0 atom stereocenters. The summed E-state index contributed by atoms with van der Waals surface area (Å²) in [6, 6.07) is 21.5. The van der Waals surface area contributed by atoms with Crippen LogP contribution in [0.1, 0.15) is 5.56 Å². The highest BCUT2D eigenvalue weighted by molar-refractivity contribution is 7.93. The fraction of sp³-hybridized carbons (Fsp3) is 0.0741. The molecule has 2 heterocycles. The van der Waals surface area contributed by atoms with Crippen molar-refractivity contribution in [2.24, 2.45) is 7.05 Å². The van der Waals surface area contributed by atoms with Gasteiger partial charge in [0.25, 0.3) is 10.0 Å². The Kier molecular flexibility index (Phi) is 6.83. The third-order valence-electron chi connectivity index (χ3n) is 5.74. The number of aryl methyl sites for hydroxylation is 1. The highest BCUT2D eigenvalue weighted by Crippen LogP contribution is 2.38. The van der Waals surface area contributed by atoms with E-state index in [4.69, 9.17) is 9.47 Å². The lowest BCUT2D eigenvalue weighted by atomic mass is 10.0. The van der Waals surface area contributed by atoms with E-state index < -0.39 is 10.0 Å². The topological polar surface area (TPSA) is 119 Å². The summed E-state index contributed by atoms with van der Waals surface area (Å²) < 4.78 is 41.3. The summed E-state index contributed by atoms with van der Waals surface area (Å²) in [5.74, 6) is 1.44. The van der Waals surface area contributed by atoms with Crippen molar-refractivity contribution >= 4 is 26.5 Å². The van der Waals surface area contributed by atoms with E-state index in [0.29, 0.717) is 5.75 Å². The number of benzene rings is 3. The summed E-state index contributed by atoms with van der Waals surface area (Å²) in [6.07, 6.45) is 3.19. The number of sulfonamides is 1. The average molecular weight is 544 g/mol. The molecule has 9 nitrogen and oxygen atoms in total. The van der Waals surface area contributed by atoms with Gasteiger partial charge >= 0.3 is 0 Å². The number of rotatable bonds is 8. The summed E-state index contributed by atoms with van der Waals surface area (Å²) in [6.45, 7) is 0. The molecule has 0 radical (unpaired) electrons. The van der Waals surface area contributed by atoms with Crippen molar-refractivity contribution in [3.05, 3.63) is 90.1 Å². The van der Waals surface area contributed by atoms with Crippen LogP contribution in [0.3, 0.4) is 0 Å². The number of methoxy groups -OCH3 is 1. The maximum absolute atomic E-state index is 12.8. The van der Waals surface area contributed by atoms with Crippen molar-refractivity contribution in [2.75, 3.05) is 11.8 Å². The van der Waals surface area contributed by atoms with Crippen LogP contribution in [0.15, 0.2) is 89.4 Å². The Hall–Kier alpha value is -4.66. The van der Waals surface area contributed by atoms with Gasteiger partial charge in [-0.15, -0.1) is 11.3 Å². The minimum Gasteiger partial charge on any atom is -0.497 e. The van der Waals surface area contributed by atoms with Gasteiger partial charge in [-0.2, -0.15) is 10.4 Å². The van der Waals surface area contributed by atoms with Crippen LogP contribution < -0.4 is 14.2 Å². The molecular weight excluding hydrogens is 522 g/mol. The minimum atomic E-state index is -3.93. The molecule has 0 aliphatic carbocycles. The summed E-state index contributed by atoms with van der Waals surface area (Å²) in [4.78, 5) is 3.87. The van der Waals surface area contributed by atoms with Crippen LogP contribution in [-0.2, 0) is 17.1 Å². The van der Waals surface area contributed by atoms with Gasteiger partial charge in [0.05, 0.1) is 23.3 Å². The largest absolute Gasteiger partial charge is 0.497 e. The molecule has 0 spiro atoms. The Morgan fingerprint density at radius 3 is 2.53 bits per heavy atom. The predicted octanol–water partition coefficient (Wildman–Crippen LogP) is 5.68. The van der Waals surface area contributed by atoms with Crippen LogP contribution in [0, 0.1) is 11.3 Å². The molecular formula is C27H21N5O4S2. The molecule has 5 rings (SSSR count). The van der Waals surface area contributed by atoms with Crippen molar-refractivity contribution in [2.45, 2.75) is 4.90 Å². The zero-order chi connectivity index (χ0) is 26.7. The lowest BCUT2D eigenvalue weighted by Gasteiger charge is -2.15. The monoisotopic (exact) mass is 543 g/mol. The van der Waals surface area contributed by atoms with E-state index in [1.54, 1.807) is 23.4 Å². The van der Waals surface area contributed by atoms with Crippen LogP contribution in [0.2, 0.25) is 0 Å². The number of thiazole rings is 1. The molecule has 0 unspecified atom stereocenters. The highest BCUT2D eigenvalue weighted by atomic mass is 32.2. The molecule has 5 aromatic rings. The molecule has 0 aliphatic heterocycles. The molecule has 0 aliphatic rings. The maximum atomic E-state index is 12.8. The molecule has 3 aromatic carbocycles. The Labute approximate surface area is 223 Å². The number of hydrogen-bond donors (Lipinski definition) is 1. The molecule has 0 bridgehead atoms. The van der Waals surface area contributed by atoms with E-state index in [-0.39, 0.29) is 21.3 Å². The van der Waals surface area contributed by atoms with Gasteiger partial charge in [-0.25, -0.2) is 13.4 Å². The van der Waals surface area contributed by atoms with E-state index in [9.17, 15) is 13.7 Å². The number of anilines is 1. The SMILES string of the molecule is COc1cccc(-c2ccc(Oc3ccc(S(=O)(=O)Nc4nccs4)cc3C#N)c(-c3ccnn3C)c2)c1. The number of hydrogen-bond acceptors (Lipinski definition) is 8. The van der Waals surface area contributed by atoms with Crippen molar-refractivity contribution in [1.82, 2.24) is 14.8 Å². The first-order valence-electron chi connectivity index (χ1n) is 11.3. The first kappa shape index (κ1) is 25.0. The van der Waals surface area contributed by atoms with Gasteiger partial charge in [-0.05, 0) is 59.7 Å². The number of nitrogens with one attached hydrogen (secondary N) is 1. The summed E-state index contributed by atoms with van der Waals surface area (Å²) in [5.41, 5.74) is 3.51. The molecule has 0 saturated heterocycles. The summed E-state index contributed by atoms with van der Waals surface area (Å²) in [5, 5.41) is 16.0. The number of nitrogens with zero attached hydrogens (tertiary/aromatic N) is 4. The fourth-order valence-corrected chi connectivity index (χ4v) is 5.67. The Morgan fingerprint density at radius 1 is 1.00 bits per heavy atom. The van der Waals surface area contributed by atoms with Crippen LogP contribution >= 0.6 is 11.3 Å². The van der Waals surface area contributed by atoms with E-state index in [0.717, 1.165) is 39.5 Å². The molecule has 0 saturated carbocycles. The van der Waals surface area contributed by atoms with Crippen LogP contribution in [0.25, 0.3) is 22.4 Å². The second-order valence-corrected chi connectivity index (χ2v) is 10.7. The zero-order valence-corrected chi connectivity index (χ0v) is 22.0. The Balaban J connectivity index is 1.53. The van der Waals surface area contributed by atoms with Crippen molar-refractivity contribution in [3.63, 3.8) is 0 Å². The van der Waals surface area contributed by atoms with Gasteiger partial charge < -0.3 is 9.47 Å². The smallest absolute Gasteiger partial charge is 0.263 e. The quantitative estimate of drug-likeness (QED) is 0.267. The third-order valence-corrected chi connectivity index (χ3v) is 7.89. The second-order valence-electron chi connectivity index (χ2n) is 8.10. The molecule has 11 heteroatoms. The predicted molar refractivity (Wildman–Crippen MR) is 145 cm³/mol. The molecule has 1 N–H and O–H groups in total. The van der Waals surface area contributed by atoms with E-state index in [2.05, 4.69) is 14.8 Å². The first-order chi connectivity index (χ1) is 18.4. The van der Waals surface area contributed by atoms with Crippen LogP contribution in [0.4, 0.5) is 5.13 Å². The van der Waals surface area contributed by atoms with Gasteiger partial charge in [0, 0.05) is 30.4 Å². The molecule has 190 valence electrons. The lowest BCUT2D eigenvalue weighted by molar-refractivity contribution is 0.415. The zero-order valence-electron chi connectivity index (χ0n) is 20.3. The highest BCUT2D eigenvalue weighted by Gasteiger charge is 2.20. The summed E-state index contributed by atoms with van der Waals surface area (Å²) in [7, 11) is -0.480. The van der Waals surface area contributed by atoms with Crippen LogP contribution in [-0.4, -0.2) is 30.3 Å². The average Bonchev–Trinajstić information content (AvgIpc) is 3.60.